The lowest BCUT2D eigenvalue weighted by Gasteiger charge is -2.23. The summed E-state index contributed by atoms with van der Waals surface area (Å²) in [6.07, 6.45) is 1.04. The smallest absolute Gasteiger partial charge is 0.0799 e. The van der Waals surface area contributed by atoms with E-state index in [1.54, 1.807) is 6.07 Å². The molecule has 2 atom stereocenters. The summed E-state index contributed by atoms with van der Waals surface area (Å²) in [4.78, 5) is 2.11. The normalized spacial score (nSPS) is 14.0. The van der Waals surface area contributed by atoms with Crippen molar-refractivity contribution in [1.82, 2.24) is 4.90 Å². The van der Waals surface area contributed by atoms with Gasteiger partial charge in [0.25, 0.3) is 0 Å². The van der Waals surface area contributed by atoms with Crippen LogP contribution in [-0.2, 0) is 6.54 Å². The fourth-order valence-electron chi connectivity index (χ4n) is 3.09. The van der Waals surface area contributed by atoms with Crippen molar-refractivity contribution in [3.8, 4) is 0 Å². The van der Waals surface area contributed by atoms with Crippen LogP contribution in [-0.4, -0.2) is 24.1 Å². The van der Waals surface area contributed by atoms with Crippen molar-refractivity contribution in [2.45, 2.75) is 38.3 Å². The van der Waals surface area contributed by atoms with Crippen LogP contribution in [0.5, 0.6) is 0 Å². The third-order valence-electron chi connectivity index (χ3n) is 4.30. The Hall–Kier alpha value is -1.06. The van der Waals surface area contributed by atoms with E-state index in [1.807, 2.05) is 44.4 Å². The largest absolute Gasteiger partial charge is 0.388 e. The SMILES string of the molecule is CCC(CC(O)c1ccccc1CN(C)C)c1ccc(Cl)cc1Cl. The summed E-state index contributed by atoms with van der Waals surface area (Å²) in [6, 6.07) is 13.7. The quantitative estimate of drug-likeness (QED) is 0.682. The molecule has 2 aromatic rings. The highest BCUT2D eigenvalue weighted by molar-refractivity contribution is 6.35. The van der Waals surface area contributed by atoms with Gasteiger partial charge in [0.15, 0.2) is 0 Å². The van der Waals surface area contributed by atoms with E-state index in [0.717, 1.165) is 29.7 Å². The lowest BCUT2D eigenvalue weighted by Crippen LogP contribution is -2.14. The topological polar surface area (TPSA) is 23.5 Å². The maximum Gasteiger partial charge on any atom is 0.0799 e. The third-order valence-corrected chi connectivity index (χ3v) is 4.87. The van der Waals surface area contributed by atoms with E-state index in [0.29, 0.717) is 16.5 Å². The van der Waals surface area contributed by atoms with Crippen LogP contribution in [0.2, 0.25) is 10.0 Å². The Balaban J connectivity index is 2.22. The van der Waals surface area contributed by atoms with Crippen LogP contribution >= 0.6 is 23.2 Å². The minimum absolute atomic E-state index is 0.192. The zero-order valence-electron chi connectivity index (χ0n) is 14.5. The molecule has 0 heterocycles. The summed E-state index contributed by atoms with van der Waals surface area (Å²) in [5.74, 6) is 0.192. The van der Waals surface area contributed by atoms with Crippen LogP contribution in [0, 0.1) is 0 Å². The molecular formula is C20H25Cl2NO. The summed E-state index contributed by atoms with van der Waals surface area (Å²) in [5.41, 5.74) is 3.20. The zero-order valence-corrected chi connectivity index (χ0v) is 16.0. The van der Waals surface area contributed by atoms with E-state index in [-0.39, 0.29) is 5.92 Å². The van der Waals surface area contributed by atoms with Crippen molar-refractivity contribution in [2.24, 2.45) is 0 Å². The van der Waals surface area contributed by atoms with E-state index in [2.05, 4.69) is 17.9 Å². The van der Waals surface area contributed by atoms with Gasteiger partial charge in [0.2, 0.25) is 0 Å². The Morgan fingerprint density at radius 3 is 2.38 bits per heavy atom. The van der Waals surface area contributed by atoms with Gasteiger partial charge in [-0.15, -0.1) is 0 Å². The van der Waals surface area contributed by atoms with Crippen molar-refractivity contribution in [3.05, 3.63) is 69.2 Å². The first-order chi connectivity index (χ1) is 11.4. The van der Waals surface area contributed by atoms with Gasteiger partial charge < -0.3 is 10.0 Å². The summed E-state index contributed by atoms with van der Waals surface area (Å²) < 4.78 is 0. The summed E-state index contributed by atoms with van der Waals surface area (Å²) in [6.45, 7) is 2.93. The van der Waals surface area contributed by atoms with Gasteiger partial charge in [-0.25, -0.2) is 0 Å². The molecule has 0 spiro atoms. The second-order valence-electron chi connectivity index (χ2n) is 6.46. The summed E-state index contributed by atoms with van der Waals surface area (Å²) >= 11 is 12.4. The molecule has 0 radical (unpaired) electrons. The van der Waals surface area contributed by atoms with E-state index < -0.39 is 6.10 Å². The zero-order chi connectivity index (χ0) is 17.7. The maximum atomic E-state index is 10.8. The van der Waals surface area contributed by atoms with Gasteiger partial charge in [0.05, 0.1) is 6.10 Å². The molecule has 0 aliphatic carbocycles. The van der Waals surface area contributed by atoms with Gasteiger partial charge >= 0.3 is 0 Å². The van der Waals surface area contributed by atoms with Crippen molar-refractivity contribution >= 4 is 23.2 Å². The average molecular weight is 366 g/mol. The van der Waals surface area contributed by atoms with E-state index in [4.69, 9.17) is 23.2 Å². The molecule has 0 fully saturated rings. The van der Waals surface area contributed by atoms with E-state index >= 15 is 0 Å². The second kappa shape index (κ2) is 8.87. The molecule has 0 aliphatic heterocycles. The van der Waals surface area contributed by atoms with Gasteiger partial charge in [-0.05, 0) is 61.7 Å². The Bertz CT molecular complexity index is 672. The monoisotopic (exact) mass is 365 g/mol. The molecule has 2 unspecified atom stereocenters. The molecule has 1 N–H and O–H groups in total. The predicted octanol–water partition coefficient (Wildman–Crippen LogP) is 5.67. The van der Waals surface area contributed by atoms with E-state index in [1.165, 1.54) is 0 Å². The van der Waals surface area contributed by atoms with Crippen LogP contribution in [0.25, 0.3) is 0 Å². The van der Waals surface area contributed by atoms with Gasteiger partial charge in [0, 0.05) is 16.6 Å². The Kier molecular flexibility index (Phi) is 7.12. The van der Waals surface area contributed by atoms with Crippen LogP contribution in [0.3, 0.4) is 0 Å². The highest BCUT2D eigenvalue weighted by Gasteiger charge is 2.20. The molecule has 0 saturated carbocycles. The summed E-state index contributed by atoms with van der Waals surface area (Å²) in [7, 11) is 4.07. The number of rotatable bonds is 7. The minimum atomic E-state index is -0.516. The molecule has 130 valence electrons. The molecule has 0 aromatic heterocycles. The number of aliphatic hydroxyl groups is 1. The van der Waals surface area contributed by atoms with Gasteiger partial charge in [-0.1, -0.05) is 60.5 Å². The van der Waals surface area contributed by atoms with Crippen molar-refractivity contribution in [1.29, 1.82) is 0 Å². The van der Waals surface area contributed by atoms with Crippen molar-refractivity contribution in [2.75, 3.05) is 14.1 Å². The number of benzene rings is 2. The Morgan fingerprint density at radius 1 is 1.04 bits per heavy atom. The molecule has 0 saturated heterocycles. The first-order valence-electron chi connectivity index (χ1n) is 8.27. The number of hydrogen-bond acceptors (Lipinski definition) is 2. The lowest BCUT2D eigenvalue weighted by molar-refractivity contribution is 0.154. The molecule has 2 aromatic carbocycles. The fraction of sp³-hybridized carbons (Fsp3) is 0.400. The standard InChI is InChI=1S/C20H25Cl2NO/c1-4-14(17-10-9-16(21)12-19(17)22)11-20(24)18-8-6-5-7-15(18)13-23(2)3/h5-10,12,14,20,24H,4,11,13H2,1-3H3. The molecule has 0 amide bonds. The maximum absolute atomic E-state index is 10.8. The highest BCUT2D eigenvalue weighted by Crippen LogP contribution is 2.36. The molecule has 24 heavy (non-hydrogen) atoms. The number of aliphatic hydroxyl groups excluding tert-OH is 1. The summed E-state index contributed by atoms with van der Waals surface area (Å²) in [5, 5.41) is 12.1. The second-order valence-corrected chi connectivity index (χ2v) is 7.30. The fourth-order valence-corrected chi connectivity index (χ4v) is 3.65. The average Bonchev–Trinajstić information content (AvgIpc) is 2.53. The van der Waals surface area contributed by atoms with Crippen molar-refractivity contribution < 1.29 is 5.11 Å². The molecule has 2 nitrogen and oxygen atoms in total. The Morgan fingerprint density at radius 2 is 1.75 bits per heavy atom. The predicted molar refractivity (Wildman–Crippen MR) is 103 cm³/mol. The van der Waals surface area contributed by atoms with Crippen LogP contribution in [0.1, 0.15) is 48.5 Å². The van der Waals surface area contributed by atoms with Crippen molar-refractivity contribution in [3.63, 3.8) is 0 Å². The third kappa shape index (κ3) is 4.97. The van der Waals surface area contributed by atoms with Crippen LogP contribution < -0.4 is 0 Å². The van der Waals surface area contributed by atoms with Crippen LogP contribution in [0.15, 0.2) is 42.5 Å². The number of hydrogen-bond donors (Lipinski definition) is 1. The highest BCUT2D eigenvalue weighted by atomic mass is 35.5. The minimum Gasteiger partial charge on any atom is -0.388 e. The van der Waals surface area contributed by atoms with E-state index in [9.17, 15) is 5.11 Å². The molecular weight excluding hydrogens is 341 g/mol. The molecule has 0 bridgehead atoms. The Labute approximate surface area is 155 Å². The lowest BCUT2D eigenvalue weighted by atomic mass is 9.87. The number of halogens is 2. The number of nitrogens with zero attached hydrogens (tertiary/aromatic N) is 1. The van der Waals surface area contributed by atoms with Gasteiger partial charge in [-0.2, -0.15) is 0 Å². The first-order valence-corrected chi connectivity index (χ1v) is 9.03. The van der Waals surface area contributed by atoms with Crippen LogP contribution in [0.4, 0.5) is 0 Å². The molecule has 2 rings (SSSR count). The molecule has 4 heteroatoms. The first kappa shape index (κ1) is 19.3. The van der Waals surface area contributed by atoms with Gasteiger partial charge in [0.1, 0.15) is 0 Å². The molecule has 0 aliphatic rings. The van der Waals surface area contributed by atoms with Gasteiger partial charge in [-0.3, -0.25) is 0 Å².